The van der Waals surface area contributed by atoms with Gasteiger partial charge in [-0.15, -0.1) is 0 Å². The van der Waals surface area contributed by atoms with Crippen LogP contribution in [0, 0.1) is 5.92 Å². The number of carbonyl (C=O) groups is 3. The number of urea groups is 1. The van der Waals surface area contributed by atoms with Gasteiger partial charge in [0, 0.05) is 12.1 Å². The van der Waals surface area contributed by atoms with Crippen molar-refractivity contribution in [3.05, 3.63) is 29.3 Å². The number of carbonyl (C=O) groups excluding carboxylic acids is 3. The lowest BCUT2D eigenvalue weighted by atomic mass is 9.96. The molecule has 140 valence electrons. The summed E-state index contributed by atoms with van der Waals surface area (Å²) in [7, 11) is 1.62. The van der Waals surface area contributed by atoms with E-state index in [1.807, 2.05) is 0 Å². The third-order valence-electron chi connectivity index (χ3n) is 4.92. The molecule has 8 heteroatoms. The van der Waals surface area contributed by atoms with Gasteiger partial charge in [0.15, 0.2) is 0 Å². The number of likely N-dealkylation sites (N-methyl/N-ethyl adjacent to an activating group) is 1. The van der Waals surface area contributed by atoms with E-state index in [4.69, 9.17) is 16.3 Å². The van der Waals surface area contributed by atoms with Crippen LogP contribution in [-0.2, 0) is 9.59 Å². The molecule has 1 aromatic carbocycles. The number of imide groups is 1. The van der Waals surface area contributed by atoms with Gasteiger partial charge in [0.1, 0.15) is 24.4 Å². The quantitative estimate of drug-likeness (QED) is 0.734. The number of nitrogens with one attached hydrogen (secondary N) is 1. The lowest BCUT2D eigenvalue weighted by Gasteiger charge is -2.22. The van der Waals surface area contributed by atoms with Gasteiger partial charge in [-0.2, -0.15) is 0 Å². The van der Waals surface area contributed by atoms with Crippen LogP contribution in [-0.4, -0.2) is 59.9 Å². The van der Waals surface area contributed by atoms with Crippen molar-refractivity contribution in [3.8, 4) is 5.75 Å². The fraction of sp³-hybridized carbons (Fsp3) is 0.500. The van der Waals surface area contributed by atoms with Gasteiger partial charge in [-0.3, -0.25) is 14.5 Å². The Morgan fingerprint density at radius 3 is 2.62 bits per heavy atom. The molecule has 4 amide bonds. The van der Waals surface area contributed by atoms with Crippen molar-refractivity contribution in [3.63, 3.8) is 0 Å². The van der Waals surface area contributed by atoms with Gasteiger partial charge in [0.25, 0.3) is 5.91 Å². The van der Waals surface area contributed by atoms with E-state index >= 15 is 0 Å². The van der Waals surface area contributed by atoms with Crippen LogP contribution in [0.25, 0.3) is 0 Å². The maximum Gasteiger partial charge on any atom is 0.325 e. The molecule has 1 heterocycles. The van der Waals surface area contributed by atoms with Gasteiger partial charge in [-0.1, -0.05) is 11.6 Å². The number of rotatable bonds is 7. The van der Waals surface area contributed by atoms with Gasteiger partial charge in [0.2, 0.25) is 5.91 Å². The Morgan fingerprint density at radius 1 is 1.35 bits per heavy atom. The van der Waals surface area contributed by atoms with E-state index in [1.54, 1.807) is 38.2 Å². The van der Waals surface area contributed by atoms with E-state index in [2.05, 4.69) is 5.32 Å². The average molecular weight is 380 g/mol. The standard InChI is InChI=1S/C18H22ClN3O4/c1-18(12-3-4-12)16(24)22(17(25)20-18)11-15(23)21(2)9-10-26-14-7-5-13(19)6-8-14/h5-8,12H,3-4,9-11H2,1-2H3,(H,20,25)/t18-/m1/s1. The molecule has 1 N–H and O–H groups in total. The van der Waals surface area contributed by atoms with Gasteiger partial charge in [-0.25, -0.2) is 4.79 Å². The molecule has 3 rings (SSSR count). The lowest BCUT2D eigenvalue weighted by Crippen LogP contribution is -2.47. The molecule has 0 aromatic heterocycles. The van der Waals surface area contributed by atoms with Crippen molar-refractivity contribution < 1.29 is 19.1 Å². The minimum atomic E-state index is -0.867. The molecule has 1 saturated carbocycles. The van der Waals surface area contributed by atoms with Crippen molar-refractivity contribution in [2.45, 2.75) is 25.3 Å². The van der Waals surface area contributed by atoms with E-state index in [1.165, 1.54) is 4.90 Å². The van der Waals surface area contributed by atoms with Gasteiger partial charge in [0.05, 0.1) is 6.54 Å². The lowest BCUT2D eigenvalue weighted by molar-refractivity contribution is -0.138. The first kappa shape index (κ1) is 18.5. The topological polar surface area (TPSA) is 79.0 Å². The van der Waals surface area contributed by atoms with Crippen LogP contribution < -0.4 is 10.1 Å². The first-order valence-corrected chi connectivity index (χ1v) is 8.95. The van der Waals surface area contributed by atoms with E-state index in [0.29, 0.717) is 23.9 Å². The van der Waals surface area contributed by atoms with Crippen LogP contribution in [0.4, 0.5) is 4.79 Å². The van der Waals surface area contributed by atoms with Crippen LogP contribution in [0.15, 0.2) is 24.3 Å². The molecule has 0 bridgehead atoms. The Balaban J connectivity index is 1.48. The zero-order valence-electron chi connectivity index (χ0n) is 14.8. The number of hydrogen-bond donors (Lipinski definition) is 1. The predicted molar refractivity (Wildman–Crippen MR) is 96.0 cm³/mol. The number of hydrogen-bond acceptors (Lipinski definition) is 4. The molecule has 0 radical (unpaired) electrons. The Hall–Kier alpha value is -2.28. The second kappa shape index (κ2) is 7.15. The highest BCUT2D eigenvalue weighted by molar-refractivity contribution is 6.30. The average Bonchev–Trinajstić information content (AvgIpc) is 3.42. The molecule has 2 aliphatic rings. The molecule has 7 nitrogen and oxygen atoms in total. The fourth-order valence-electron chi connectivity index (χ4n) is 3.01. The fourth-order valence-corrected chi connectivity index (χ4v) is 3.13. The first-order chi connectivity index (χ1) is 12.3. The smallest absolute Gasteiger partial charge is 0.325 e. The minimum Gasteiger partial charge on any atom is -0.492 e. The summed E-state index contributed by atoms with van der Waals surface area (Å²) >= 11 is 5.81. The minimum absolute atomic E-state index is 0.171. The van der Waals surface area contributed by atoms with E-state index in [-0.39, 0.29) is 24.3 Å². The summed E-state index contributed by atoms with van der Waals surface area (Å²) in [5.74, 6) is 0.200. The van der Waals surface area contributed by atoms with Crippen LogP contribution >= 0.6 is 11.6 Å². The van der Waals surface area contributed by atoms with Crippen LogP contribution in [0.3, 0.4) is 0 Å². The van der Waals surface area contributed by atoms with Gasteiger partial charge in [-0.05, 0) is 49.9 Å². The Kier molecular flexibility index (Phi) is 5.09. The zero-order valence-corrected chi connectivity index (χ0v) is 15.6. The first-order valence-electron chi connectivity index (χ1n) is 8.57. The van der Waals surface area contributed by atoms with E-state index < -0.39 is 11.6 Å². The molecule has 0 unspecified atom stereocenters. The summed E-state index contributed by atoms with van der Waals surface area (Å²) in [6.07, 6.45) is 1.85. The zero-order chi connectivity index (χ0) is 18.9. The molecule has 26 heavy (non-hydrogen) atoms. The molecule has 1 aromatic rings. The van der Waals surface area contributed by atoms with Crippen molar-refractivity contribution in [2.75, 3.05) is 26.7 Å². The number of nitrogens with zero attached hydrogens (tertiary/aromatic N) is 2. The normalized spacial score (nSPS) is 22.3. The van der Waals surface area contributed by atoms with E-state index in [9.17, 15) is 14.4 Å². The summed E-state index contributed by atoms with van der Waals surface area (Å²) in [6.45, 7) is 2.11. The maximum atomic E-state index is 12.5. The van der Waals surface area contributed by atoms with Crippen molar-refractivity contribution >= 4 is 29.4 Å². The number of ether oxygens (including phenoxy) is 1. The number of halogens is 1. The summed E-state index contributed by atoms with van der Waals surface area (Å²) in [5.41, 5.74) is -0.867. The SMILES string of the molecule is CN(CCOc1ccc(Cl)cc1)C(=O)CN1C(=O)N[C@](C)(C2CC2)C1=O. The highest BCUT2D eigenvalue weighted by atomic mass is 35.5. The third kappa shape index (κ3) is 3.77. The van der Waals surface area contributed by atoms with Crippen LogP contribution in [0.5, 0.6) is 5.75 Å². The van der Waals surface area contributed by atoms with Gasteiger partial charge >= 0.3 is 6.03 Å². The molecule has 2 fully saturated rings. The summed E-state index contributed by atoms with van der Waals surface area (Å²) in [5, 5.41) is 3.36. The van der Waals surface area contributed by atoms with Crippen LogP contribution in [0.2, 0.25) is 5.02 Å². The monoisotopic (exact) mass is 379 g/mol. The largest absolute Gasteiger partial charge is 0.492 e. The summed E-state index contributed by atoms with van der Waals surface area (Å²) in [6, 6.07) is 6.44. The van der Waals surface area contributed by atoms with Crippen LogP contribution in [0.1, 0.15) is 19.8 Å². The number of amides is 4. The molecular formula is C18H22ClN3O4. The predicted octanol–water partition coefficient (Wildman–Crippen LogP) is 1.90. The molecular weight excluding hydrogens is 358 g/mol. The van der Waals surface area contributed by atoms with Gasteiger partial charge < -0.3 is 15.0 Å². The molecule has 1 aliphatic carbocycles. The van der Waals surface area contributed by atoms with Crippen molar-refractivity contribution in [1.29, 1.82) is 0 Å². The highest BCUT2D eigenvalue weighted by Gasteiger charge is 2.56. The molecule has 1 atom stereocenters. The molecule has 1 aliphatic heterocycles. The molecule has 0 spiro atoms. The highest BCUT2D eigenvalue weighted by Crippen LogP contribution is 2.42. The summed E-state index contributed by atoms with van der Waals surface area (Å²) < 4.78 is 5.55. The summed E-state index contributed by atoms with van der Waals surface area (Å²) in [4.78, 5) is 39.5. The molecule has 1 saturated heterocycles. The Labute approximate surface area is 157 Å². The second-order valence-corrected chi connectivity index (χ2v) is 7.35. The van der Waals surface area contributed by atoms with Crippen molar-refractivity contribution in [1.82, 2.24) is 15.1 Å². The Bertz CT molecular complexity index is 720. The number of benzene rings is 1. The second-order valence-electron chi connectivity index (χ2n) is 6.92. The van der Waals surface area contributed by atoms with Crippen molar-refractivity contribution in [2.24, 2.45) is 5.92 Å². The van der Waals surface area contributed by atoms with E-state index in [0.717, 1.165) is 17.7 Å². The Morgan fingerprint density at radius 2 is 2.00 bits per heavy atom. The maximum absolute atomic E-state index is 12.5. The third-order valence-corrected chi connectivity index (χ3v) is 5.18.